The topological polar surface area (TPSA) is 35.5 Å². The average Bonchev–Trinajstić information content (AvgIpc) is 2.46. The maximum absolute atomic E-state index is 12.2. The van der Waals surface area contributed by atoms with Gasteiger partial charge < -0.3 is 9.47 Å². The number of ether oxygens (including phenoxy) is 2. The van der Waals surface area contributed by atoms with Gasteiger partial charge in [-0.05, 0) is 24.6 Å². The number of carbonyl (C=O) groups excluding carboxylic acids is 1. The molecular weight excluding hydrogens is 240 g/mol. The quantitative estimate of drug-likeness (QED) is 0.790. The maximum Gasteiger partial charge on any atom is 0.342 e. The summed E-state index contributed by atoms with van der Waals surface area (Å²) in [5, 5.41) is 2.08. The van der Waals surface area contributed by atoms with Gasteiger partial charge in [-0.3, -0.25) is 0 Å². The first-order valence-electron chi connectivity index (χ1n) is 6.34. The van der Waals surface area contributed by atoms with E-state index in [0.29, 0.717) is 6.61 Å². The molecule has 0 bridgehead atoms. The largest absolute Gasteiger partial charge is 0.464 e. The summed E-state index contributed by atoms with van der Waals surface area (Å²) < 4.78 is 10.6. The van der Waals surface area contributed by atoms with Crippen molar-refractivity contribution >= 4 is 16.7 Å². The molecule has 0 spiro atoms. The third kappa shape index (κ3) is 2.34. The molecule has 2 aromatic rings. The lowest BCUT2D eigenvalue weighted by atomic mass is 9.90. The van der Waals surface area contributed by atoms with Gasteiger partial charge in [-0.15, -0.1) is 0 Å². The fourth-order valence-electron chi connectivity index (χ4n) is 2.21. The lowest BCUT2D eigenvalue weighted by Gasteiger charge is -2.27. The van der Waals surface area contributed by atoms with E-state index in [4.69, 9.17) is 9.47 Å². The number of benzene rings is 2. The standard InChI is InChI=1S/C16H18O3/c1-4-19-15(17)16(2,18-3)14-11-7-9-12-8-5-6-10-13(12)14/h5-11H,4H2,1-3H3. The molecule has 0 aliphatic rings. The highest BCUT2D eigenvalue weighted by molar-refractivity contribution is 5.92. The fourth-order valence-corrected chi connectivity index (χ4v) is 2.21. The van der Waals surface area contributed by atoms with Gasteiger partial charge in [0.25, 0.3) is 0 Å². The first kappa shape index (κ1) is 13.6. The summed E-state index contributed by atoms with van der Waals surface area (Å²) in [6.07, 6.45) is 0. The Balaban J connectivity index is 2.61. The van der Waals surface area contributed by atoms with Gasteiger partial charge in [0.15, 0.2) is 5.60 Å². The molecule has 0 heterocycles. The van der Waals surface area contributed by atoms with Crippen LogP contribution in [0, 0.1) is 0 Å². The van der Waals surface area contributed by atoms with E-state index >= 15 is 0 Å². The summed E-state index contributed by atoms with van der Waals surface area (Å²) >= 11 is 0. The Bertz CT molecular complexity index is 586. The Morgan fingerprint density at radius 3 is 2.53 bits per heavy atom. The summed E-state index contributed by atoms with van der Waals surface area (Å²) in [5.41, 5.74) is -0.261. The van der Waals surface area contributed by atoms with Gasteiger partial charge in [0.05, 0.1) is 6.61 Å². The Morgan fingerprint density at radius 2 is 1.84 bits per heavy atom. The van der Waals surface area contributed by atoms with E-state index in [-0.39, 0.29) is 5.97 Å². The third-order valence-electron chi connectivity index (χ3n) is 3.38. The molecule has 0 N–H and O–H groups in total. The Kier molecular flexibility index (Phi) is 3.86. The molecule has 0 fully saturated rings. The zero-order valence-electron chi connectivity index (χ0n) is 11.5. The van der Waals surface area contributed by atoms with E-state index < -0.39 is 5.60 Å². The second-order valence-corrected chi connectivity index (χ2v) is 4.48. The summed E-state index contributed by atoms with van der Waals surface area (Å²) in [7, 11) is 1.53. The van der Waals surface area contributed by atoms with Crippen molar-refractivity contribution in [2.75, 3.05) is 13.7 Å². The number of hydrogen-bond donors (Lipinski definition) is 0. The van der Waals surface area contributed by atoms with Gasteiger partial charge >= 0.3 is 5.97 Å². The van der Waals surface area contributed by atoms with Crippen LogP contribution in [0.4, 0.5) is 0 Å². The van der Waals surface area contributed by atoms with E-state index in [0.717, 1.165) is 16.3 Å². The molecule has 0 aliphatic carbocycles. The first-order chi connectivity index (χ1) is 9.13. The van der Waals surface area contributed by atoms with E-state index in [1.165, 1.54) is 7.11 Å². The van der Waals surface area contributed by atoms with E-state index in [9.17, 15) is 4.79 Å². The monoisotopic (exact) mass is 258 g/mol. The molecule has 100 valence electrons. The molecule has 1 unspecified atom stereocenters. The zero-order valence-corrected chi connectivity index (χ0v) is 11.5. The molecule has 2 aromatic carbocycles. The second kappa shape index (κ2) is 5.41. The molecule has 0 saturated heterocycles. The van der Waals surface area contributed by atoms with Crippen LogP contribution in [0.1, 0.15) is 19.4 Å². The van der Waals surface area contributed by atoms with Crippen LogP contribution < -0.4 is 0 Å². The molecule has 0 radical (unpaired) electrons. The molecule has 0 aliphatic heterocycles. The van der Waals surface area contributed by atoms with Crippen molar-refractivity contribution in [1.82, 2.24) is 0 Å². The maximum atomic E-state index is 12.2. The van der Waals surface area contributed by atoms with Crippen LogP contribution >= 0.6 is 0 Å². The van der Waals surface area contributed by atoms with Gasteiger partial charge in [0, 0.05) is 12.7 Å². The normalized spacial score (nSPS) is 14.1. The minimum atomic E-state index is -1.09. The molecular formula is C16H18O3. The van der Waals surface area contributed by atoms with Gasteiger partial charge in [0.1, 0.15) is 0 Å². The second-order valence-electron chi connectivity index (χ2n) is 4.48. The molecule has 0 aromatic heterocycles. The van der Waals surface area contributed by atoms with E-state index in [1.54, 1.807) is 13.8 Å². The molecule has 1 atom stereocenters. The number of hydrogen-bond acceptors (Lipinski definition) is 3. The van der Waals surface area contributed by atoms with Crippen LogP contribution in [-0.2, 0) is 19.9 Å². The van der Waals surface area contributed by atoms with Crippen molar-refractivity contribution in [3.8, 4) is 0 Å². The van der Waals surface area contributed by atoms with Crippen molar-refractivity contribution in [1.29, 1.82) is 0 Å². The van der Waals surface area contributed by atoms with Crippen molar-refractivity contribution in [3.05, 3.63) is 48.0 Å². The Labute approximate surface area is 113 Å². The highest BCUT2D eigenvalue weighted by Crippen LogP contribution is 2.32. The van der Waals surface area contributed by atoms with E-state index in [1.807, 2.05) is 42.5 Å². The number of rotatable bonds is 4. The number of methoxy groups -OCH3 is 1. The zero-order chi connectivity index (χ0) is 13.9. The average molecular weight is 258 g/mol. The van der Waals surface area contributed by atoms with Crippen molar-refractivity contribution < 1.29 is 14.3 Å². The van der Waals surface area contributed by atoms with Crippen LogP contribution in [0.3, 0.4) is 0 Å². The molecule has 19 heavy (non-hydrogen) atoms. The predicted molar refractivity (Wildman–Crippen MR) is 74.9 cm³/mol. The summed E-state index contributed by atoms with van der Waals surface area (Å²) in [5.74, 6) is -0.367. The third-order valence-corrected chi connectivity index (χ3v) is 3.38. The minimum absolute atomic E-state index is 0.336. The SMILES string of the molecule is CCOC(=O)C(C)(OC)c1cccc2ccccc12. The van der Waals surface area contributed by atoms with Gasteiger partial charge in [-0.2, -0.15) is 0 Å². The first-order valence-corrected chi connectivity index (χ1v) is 6.34. The van der Waals surface area contributed by atoms with Gasteiger partial charge in [-0.1, -0.05) is 42.5 Å². The summed E-state index contributed by atoms with van der Waals surface area (Å²) in [6, 6.07) is 13.8. The summed E-state index contributed by atoms with van der Waals surface area (Å²) in [4.78, 5) is 12.2. The number of esters is 1. The van der Waals surface area contributed by atoms with Crippen molar-refractivity contribution in [2.45, 2.75) is 19.4 Å². The molecule has 2 rings (SSSR count). The highest BCUT2D eigenvalue weighted by atomic mass is 16.6. The summed E-state index contributed by atoms with van der Waals surface area (Å²) in [6.45, 7) is 3.87. The smallest absolute Gasteiger partial charge is 0.342 e. The van der Waals surface area contributed by atoms with Crippen LogP contribution in [0.25, 0.3) is 10.8 Å². The lowest BCUT2D eigenvalue weighted by Crippen LogP contribution is -2.36. The van der Waals surface area contributed by atoms with Crippen molar-refractivity contribution in [2.24, 2.45) is 0 Å². The van der Waals surface area contributed by atoms with Gasteiger partial charge in [-0.25, -0.2) is 4.79 Å². The fraction of sp³-hybridized carbons (Fsp3) is 0.312. The number of carbonyl (C=O) groups is 1. The highest BCUT2D eigenvalue weighted by Gasteiger charge is 2.38. The lowest BCUT2D eigenvalue weighted by molar-refractivity contribution is -0.167. The Morgan fingerprint density at radius 1 is 1.16 bits per heavy atom. The molecule has 0 saturated carbocycles. The predicted octanol–water partition coefficient (Wildman–Crippen LogP) is 3.26. The van der Waals surface area contributed by atoms with E-state index in [2.05, 4.69) is 0 Å². The molecule has 0 amide bonds. The Hall–Kier alpha value is -1.87. The minimum Gasteiger partial charge on any atom is -0.464 e. The van der Waals surface area contributed by atoms with Crippen LogP contribution in [0.5, 0.6) is 0 Å². The molecule has 3 heteroatoms. The van der Waals surface area contributed by atoms with Gasteiger partial charge in [0.2, 0.25) is 0 Å². The molecule has 3 nitrogen and oxygen atoms in total. The van der Waals surface area contributed by atoms with Crippen LogP contribution in [0.15, 0.2) is 42.5 Å². The van der Waals surface area contributed by atoms with Crippen LogP contribution in [-0.4, -0.2) is 19.7 Å². The van der Waals surface area contributed by atoms with Crippen molar-refractivity contribution in [3.63, 3.8) is 0 Å². The number of fused-ring (bicyclic) bond motifs is 1. The van der Waals surface area contributed by atoms with Crippen LogP contribution in [0.2, 0.25) is 0 Å².